The van der Waals surface area contributed by atoms with Crippen molar-refractivity contribution in [2.75, 3.05) is 20.1 Å². The predicted octanol–water partition coefficient (Wildman–Crippen LogP) is 2.60. The van der Waals surface area contributed by atoms with Gasteiger partial charge in [-0.25, -0.2) is 0 Å². The third-order valence-corrected chi connectivity index (χ3v) is 7.01. The maximum Gasteiger partial charge on any atom is 0.101 e. The first-order valence-electron chi connectivity index (χ1n) is 10.2. The van der Waals surface area contributed by atoms with Crippen LogP contribution in [0, 0.1) is 0 Å². The Labute approximate surface area is 160 Å². The van der Waals surface area contributed by atoms with Crippen LogP contribution in [-0.4, -0.2) is 54.2 Å². The average molecular weight is 362 g/mol. The molecule has 6 rings (SSSR count). The van der Waals surface area contributed by atoms with Crippen LogP contribution in [0.4, 0.5) is 0 Å². The van der Waals surface area contributed by atoms with Gasteiger partial charge in [-0.1, -0.05) is 48.5 Å². The van der Waals surface area contributed by atoms with Gasteiger partial charge in [0.05, 0.1) is 18.9 Å². The molecule has 0 aromatic heterocycles. The fourth-order valence-electron chi connectivity index (χ4n) is 5.50. The zero-order chi connectivity index (χ0) is 17.8. The summed E-state index contributed by atoms with van der Waals surface area (Å²) in [6.07, 6.45) is 4.69. The zero-order valence-corrected chi connectivity index (χ0v) is 15.6. The molecule has 6 atom stereocenters. The molecule has 27 heavy (non-hydrogen) atoms. The fraction of sp³-hybridized carbons (Fsp3) is 0.478. The van der Waals surface area contributed by atoms with E-state index in [4.69, 9.17) is 9.47 Å². The molecule has 2 aliphatic heterocycles. The largest absolute Gasteiger partial charge is 0.361 e. The van der Waals surface area contributed by atoms with E-state index in [2.05, 4.69) is 58.3 Å². The van der Waals surface area contributed by atoms with Crippen molar-refractivity contribution in [1.82, 2.24) is 9.80 Å². The van der Waals surface area contributed by atoms with Crippen LogP contribution in [0.5, 0.6) is 0 Å². The fourth-order valence-corrected chi connectivity index (χ4v) is 5.50. The molecule has 2 heterocycles. The molecule has 4 heteroatoms. The van der Waals surface area contributed by atoms with Gasteiger partial charge in [-0.3, -0.25) is 9.80 Å². The van der Waals surface area contributed by atoms with Crippen LogP contribution in [0.1, 0.15) is 22.3 Å². The van der Waals surface area contributed by atoms with E-state index >= 15 is 0 Å². The van der Waals surface area contributed by atoms with E-state index in [1.165, 1.54) is 22.3 Å². The highest BCUT2D eigenvalue weighted by molar-refractivity contribution is 5.33. The maximum atomic E-state index is 6.50. The number of nitrogens with zero attached hydrogens (tertiary/aromatic N) is 2. The Morgan fingerprint density at radius 1 is 0.593 bits per heavy atom. The van der Waals surface area contributed by atoms with Gasteiger partial charge in [0.25, 0.3) is 0 Å². The maximum absolute atomic E-state index is 6.50. The van der Waals surface area contributed by atoms with Crippen molar-refractivity contribution in [3.8, 4) is 0 Å². The summed E-state index contributed by atoms with van der Waals surface area (Å²) >= 11 is 0. The van der Waals surface area contributed by atoms with Gasteiger partial charge in [-0.05, 0) is 35.1 Å². The van der Waals surface area contributed by atoms with Crippen molar-refractivity contribution in [2.45, 2.75) is 50.0 Å². The van der Waals surface area contributed by atoms with Crippen LogP contribution in [0.3, 0.4) is 0 Å². The molecular weight excluding hydrogens is 336 g/mol. The summed E-state index contributed by atoms with van der Waals surface area (Å²) in [6.45, 7) is 2.38. The Balaban J connectivity index is 1.30. The van der Waals surface area contributed by atoms with Gasteiger partial charge in [0.2, 0.25) is 0 Å². The molecule has 4 aliphatic rings. The second kappa shape index (κ2) is 6.42. The Morgan fingerprint density at radius 2 is 1.00 bits per heavy atom. The van der Waals surface area contributed by atoms with Gasteiger partial charge in [-0.15, -0.1) is 0 Å². The molecule has 4 nitrogen and oxygen atoms in total. The highest BCUT2D eigenvalue weighted by Crippen LogP contribution is 2.34. The summed E-state index contributed by atoms with van der Waals surface area (Å²) in [5.41, 5.74) is 5.86. The first-order chi connectivity index (χ1) is 13.3. The van der Waals surface area contributed by atoms with Crippen molar-refractivity contribution in [3.05, 3.63) is 70.8 Å². The molecule has 2 bridgehead atoms. The molecule has 2 aromatic rings. The van der Waals surface area contributed by atoms with Crippen LogP contribution in [0.15, 0.2) is 48.5 Å². The minimum atomic E-state index is 0.265. The molecule has 2 aliphatic carbocycles. The lowest BCUT2D eigenvalue weighted by atomic mass is 9.85. The van der Waals surface area contributed by atoms with Crippen molar-refractivity contribution >= 4 is 0 Å². The topological polar surface area (TPSA) is 24.9 Å². The number of hydrogen-bond donors (Lipinski definition) is 0. The van der Waals surface area contributed by atoms with Crippen LogP contribution in [-0.2, 0) is 35.2 Å². The molecule has 2 aromatic carbocycles. The van der Waals surface area contributed by atoms with Crippen molar-refractivity contribution in [1.29, 1.82) is 0 Å². The van der Waals surface area contributed by atoms with E-state index in [9.17, 15) is 0 Å². The highest BCUT2D eigenvalue weighted by atomic mass is 16.5. The molecule has 2 fully saturated rings. The highest BCUT2D eigenvalue weighted by Gasteiger charge is 2.43. The molecule has 0 radical (unpaired) electrons. The monoisotopic (exact) mass is 362 g/mol. The van der Waals surface area contributed by atoms with Crippen molar-refractivity contribution < 1.29 is 9.47 Å². The van der Waals surface area contributed by atoms with E-state index < -0.39 is 0 Å². The summed E-state index contributed by atoms with van der Waals surface area (Å²) in [6, 6.07) is 18.5. The number of fused-ring (bicyclic) bond motifs is 8. The Kier molecular flexibility index (Phi) is 3.86. The summed E-state index contributed by atoms with van der Waals surface area (Å²) < 4.78 is 13.0. The Hall–Kier alpha value is -1.72. The van der Waals surface area contributed by atoms with E-state index in [0.717, 1.165) is 32.4 Å². The first-order valence-corrected chi connectivity index (χ1v) is 10.2. The first kappa shape index (κ1) is 16.3. The van der Waals surface area contributed by atoms with Crippen LogP contribution in [0.25, 0.3) is 0 Å². The second-order valence-electron chi connectivity index (χ2n) is 8.48. The van der Waals surface area contributed by atoms with Gasteiger partial charge in [-0.2, -0.15) is 0 Å². The SMILES string of the molecule is c1ccc2c(c1)CC1OCN3CN(COC4Cc5ccccc5CC43)C1C2. The average Bonchev–Trinajstić information content (AvgIpc) is 3.00. The second-order valence-corrected chi connectivity index (χ2v) is 8.48. The third-order valence-electron chi connectivity index (χ3n) is 7.01. The Morgan fingerprint density at radius 3 is 1.44 bits per heavy atom. The summed E-state index contributed by atoms with van der Waals surface area (Å²) in [5.74, 6) is 0. The van der Waals surface area contributed by atoms with Crippen molar-refractivity contribution in [3.63, 3.8) is 0 Å². The molecule has 6 unspecified atom stereocenters. The smallest absolute Gasteiger partial charge is 0.101 e. The molecule has 140 valence electrons. The van der Waals surface area contributed by atoms with E-state index in [-0.39, 0.29) is 12.2 Å². The van der Waals surface area contributed by atoms with E-state index in [0.29, 0.717) is 25.5 Å². The lowest BCUT2D eigenvalue weighted by Gasteiger charge is -2.38. The molecule has 0 spiro atoms. The minimum absolute atomic E-state index is 0.265. The molecule has 0 saturated carbocycles. The van der Waals surface area contributed by atoms with Crippen LogP contribution >= 0.6 is 0 Å². The lowest BCUT2D eigenvalue weighted by Crippen LogP contribution is -2.49. The summed E-state index contributed by atoms with van der Waals surface area (Å²) in [5, 5.41) is 0. The number of rotatable bonds is 0. The van der Waals surface area contributed by atoms with Gasteiger partial charge in [0, 0.05) is 24.9 Å². The van der Waals surface area contributed by atoms with Crippen LogP contribution in [0.2, 0.25) is 0 Å². The number of benzene rings is 2. The molecule has 2 saturated heterocycles. The quantitative estimate of drug-likeness (QED) is 0.719. The van der Waals surface area contributed by atoms with Gasteiger partial charge in [0.15, 0.2) is 0 Å². The van der Waals surface area contributed by atoms with Gasteiger partial charge >= 0.3 is 0 Å². The summed E-state index contributed by atoms with van der Waals surface area (Å²) in [7, 11) is 0. The van der Waals surface area contributed by atoms with Gasteiger partial charge in [0.1, 0.15) is 13.5 Å². The molecule has 0 N–H and O–H groups in total. The van der Waals surface area contributed by atoms with Gasteiger partial charge < -0.3 is 9.47 Å². The summed E-state index contributed by atoms with van der Waals surface area (Å²) in [4.78, 5) is 5.05. The zero-order valence-electron chi connectivity index (χ0n) is 15.6. The van der Waals surface area contributed by atoms with Crippen LogP contribution < -0.4 is 0 Å². The minimum Gasteiger partial charge on any atom is -0.361 e. The number of ether oxygens (including phenoxy) is 2. The lowest BCUT2D eigenvalue weighted by molar-refractivity contribution is -0.0878. The van der Waals surface area contributed by atoms with E-state index in [1.807, 2.05) is 0 Å². The standard InChI is InChI=1S/C23H26N2O2/c1-3-7-18-11-22-20(9-16(18)5-1)24-13-25(15-26-22)21-10-17-6-2-4-8-19(17)12-23(21)27-14-24/h1-8,20-23H,9-15H2. The predicted molar refractivity (Wildman–Crippen MR) is 103 cm³/mol. The molecular formula is C23H26N2O2. The Bertz CT molecular complexity index is 784. The normalized spacial score (nSPS) is 37.0. The molecule has 0 amide bonds. The third kappa shape index (κ3) is 2.74. The number of hydrogen-bond acceptors (Lipinski definition) is 4. The van der Waals surface area contributed by atoms with Crippen molar-refractivity contribution in [2.24, 2.45) is 0 Å². The van der Waals surface area contributed by atoms with E-state index in [1.54, 1.807) is 0 Å².